The Morgan fingerprint density at radius 2 is 2.16 bits per heavy atom. The van der Waals surface area contributed by atoms with Crippen molar-refractivity contribution >= 4 is 15.9 Å². The molecule has 0 amide bonds. The average molecular weight is 324 g/mol. The van der Waals surface area contributed by atoms with E-state index >= 15 is 0 Å². The largest absolute Gasteiger partial charge is 0.489 e. The van der Waals surface area contributed by atoms with Gasteiger partial charge in [0.1, 0.15) is 18.1 Å². The summed E-state index contributed by atoms with van der Waals surface area (Å²) in [5, 5.41) is 3.25. The molecule has 0 atom stereocenters. The Labute approximate surface area is 122 Å². The minimum absolute atomic E-state index is 0.527. The maximum absolute atomic E-state index is 5.85. The molecule has 0 spiro atoms. The molecule has 0 saturated carbocycles. The summed E-state index contributed by atoms with van der Waals surface area (Å²) in [6.45, 7) is 6.30. The predicted molar refractivity (Wildman–Crippen MR) is 79.3 cm³/mol. The van der Waals surface area contributed by atoms with Crippen molar-refractivity contribution in [3.8, 4) is 5.75 Å². The van der Waals surface area contributed by atoms with Crippen LogP contribution < -0.4 is 10.1 Å². The van der Waals surface area contributed by atoms with Crippen LogP contribution in [0.5, 0.6) is 5.75 Å². The molecule has 0 radical (unpaired) electrons. The molecular weight excluding hydrogens is 306 g/mol. The zero-order valence-electron chi connectivity index (χ0n) is 11.2. The molecule has 3 nitrogen and oxygen atoms in total. The van der Waals surface area contributed by atoms with E-state index in [0.717, 1.165) is 40.2 Å². The first-order valence-electron chi connectivity index (χ1n) is 6.35. The van der Waals surface area contributed by atoms with Crippen molar-refractivity contribution in [2.24, 2.45) is 0 Å². The summed E-state index contributed by atoms with van der Waals surface area (Å²) >= 11 is 3.45. The second-order valence-corrected chi connectivity index (χ2v) is 5.26. The van der Waals surface area contributed by atoms with Gasteiger partial charge in [-0.25, -0.2) is 0 Å². The Morgan fingerprint density at radius 1 is 1.32 bits per heavy atom. The molecule has 2 aromatic rings. The standard InChI is InChI=1S/C15H18BrNO2/c1-3-17-9-15-12(6-7-18-15)10-19-14-5-4-13(16)8-11(14)2/h4-8,17H,3,9-10H2,1-2H3. The molecule has 0 unspecified atom stereocenters. The average Bonchev–Trinajstić information content (AvgIpc) is 2.83. The molecule has 4 heteroatoms. The minimum Gasteiger partial charge on any atom is -0.489 e. The molecule has 1 N–H and O–H groups in total. The number of rotatable bonds is 6. The van der Waals surface area contributed by atoms with Gasteiger partial charge in [0.2, 0.25) is 0 Å². The van der Waals surface area contributed by atoms with Crippen molar-refractivity contribution in [1.29, 1.82) is 0 Å². The van der Waals surface area contributed by atoms with Gasteiger partial charge in [-0.3, -0.25) is 0 Å². The van der Waals surface area contributed by atoms with Crippen LogP contribution in [0.4, 0.5) is 0 Å². The highest BCUT2D eigenvalue weighted by Crippen LogP contribution is 2.23. The molecule has 1 aromatic heterocycles. The predicted octanol–water partition coefficient (Wildman–Crippen LogP) is 4.04. The maximum Gasteiger partial charge on any atom is 0.124 e. The molecule has 1 heterocycles. The number of hydrogen-bond donors (Lipinski definition) is 1. The zero-order chi connectivity index (χ0) is 13.7. The van der Waals surface area contributed by atoms with Crippen LogP contribution in [0.1, 0.15) is 23.8 Å². The third-order valence-corrected chi connectivity index (χ3v) is 3.39. The summed E-state index contributed by atoms with van der Waals surface area (Å²) in [6, 6.07) is 7.96. The SMILES string of the molecule is CCNCc1occc1COc1ccc(Br)cc1C. The summed E-state index contributed by atoms with van der Waals surface area (Å²) in [5.74, 6) is 1.84. The second kappa shape index (κ2) is 6.78. The van der Waals surface area contributed by atoms with Crippen LogP contribution in [0.15, 0.2) is 39.4 Å². The van der Waals surface area contributed by atoms with Gasteiger partial charge < -0.3 is 14.5 Å². The molecule has 102 valence electrons. The van der Waals surface area contributed by atoms with Gasteiger partial charge in [-0.05, 0) is 43.3 Å². The number of furan rings is 1. The van der Waals surface area contributed by atoms with E-state index in [-0.39, 0.29) is 0 Å². The Bertz CT molecular complexity index is 537. The van der Waals surface area contributed by atoms with E-state index < -0.39 is 0 Å². The third-order valence-electron chi connectivity index (χ3n) is 2.89. The molecule has 2 rings (SSSR count). The van der Waals surface area contributed by atoms with E-state index in [1.54, 1.807) is 6.26 Å². The lowest BCUT2D eigenvalue weighted by Gasteiger charge is -2.09. The van der Waals surface area contributed by atoms with Crippen LogP contribution in [0.25, 0.3) is 0 Å². The highest BCUT2D eigenvalue weighted by Gasteiger charge is 2.07. The Kier molecular flexibility index (Phi) is 5.05. The van der Waals surface area contributed by atoms with E-state index in [4.69, 9.17) is 9.15 Å². The van der Waals surface area contributed by atoms with Crippen molar-refractivity contribution < 1.29 is 9.15 Å². The molecule has 0 fully saturated rings. The van der Waals surface area contributed by atoms with Gasteiger partial charge in [0.15, 0.2) is 0 Å². The molecule has 1 aromatic carbocycles. The monoisotopic (exact) mass is 323 g/mol. The van der Waals surface area contributed by atoms with Crippen LogP contribution in [-0.2, 0) is 13.2 Å². The Morgan fingerprint density at radius 3 is 2.89 bits per heavy atom. The van der Waals surface area contributed by atoms with Gasteiger partial charge in [-0.2, -0.15) is 0 Å². The fourth-order valence-corrected chi connectivity index (χ4v) is 2.30. The number of halogens is 1. The van der Waals surface area contributed by atoms with E-state index in [2.05, 4.69) is 28.2 Å². The molecule has 0 aliphatic heterocycles. The van der Waals surface area contributed by atoms with E-state index in [1.165, 1.54) is 0 Å². The lowest BCUT2D eigenvalue weighted by molar-refractivity contribution is 0.299. The topological polar surface area (TPSA) is 34.4 Å². The molecule has 19 heavy (non-hydrogen) atoms. The van der Waals surface area contributed by atoms with E-state index in [9.17, 15) is 0 Å². The number of benzene rings is 1. The van der Waals surface area contributed by atoms with Gasteiger partial charge in [-0.15, -0.1) is 0 Å². The highest BCUT2D eigenvalue weighted by molar-refractivity contribution is 9.10. The lowest BCUT2D eigenvalue weighted by atomic mass is 10.2. The van der Waals surface area contributed by atoms with Gasteiger partial charge in [-0.1, -0.05) is 22.9 Å². The fourth-order valence-electron chi connectivity index (χ4n) is 1.82. The van der Waals surface area contributed by atoms with Gasteiger partial charge in [0.05, 0.1) is 12.8 Å². The van der Waals surface area contributed by atoms with Gasteiger partial charge in [0.25, 0.3) is 0 Å². The smallest absolute Gasteiger partial charge is 0.124 e. The van der Waals surface area contributed by atoms with Crippen LogP contribution in [0, 0.1) is 6.92 Å². The number of aryl methyl sites for hydroxylation is 1. The summed E-state index contributed by atoms with van der Waals surface area (Å²) in [6.07, 6.45) is 1.71. The van der Waals surface area contributed by atoms with Crippen LogP contribution in [0.2, 0.25) is 0 Å². The molecular formula is C15H18BrNO2. The maximum atomic E-state index is 5.85. The van der Waals surface area contributed by atoms with Crippen molar-refractivity contribution in [2.75, 3.05) is 6.54 Å². The lowest BCUT2D eigenvalue weighted by Crippen LogP contribution is -2.12. The van der Waals surface area contributed by atoms with Gasteiger partial charge >= 0.3 is 0 Å². The molecule has 0 aliphatic rings. The Balaban J connectivity index is 2.00. The first-order chi connectivity index (χ1) is 9.20. The second-order valence-electron chi connectivity index (χ2n) is 4.35. The summed E-state index contributed by atoms with van der Waals surface area (Å²) in [5.41, 5.74) is 2.20. The molecule has 0 bridgehead atoms. The first-order valence-corrected chi connectivity index (χ1v) is 7.15. The minimum atomic E-state index is 0.527. The van der Waals surface area contributed by atoms with Crippen LogP contribution in [0.3, 0.4) is 0 Å². The fraction of sp³-hybridized carbons (Fsp3) is 0.333. The van der Waals surface area contributed by atoms with Crippen LogP contribution in [-0.4, -0.2) is 6.54 Å². The van der Waals surface area contributed by atoms with Crippen molar-refractivity contribution in [3.05, 3.63) is 51.9 Å². The van der Waals surface area contributed by atoms with Gasteiger partial charge in [0, 0.05) is 10.0 Å². The number of nitrogens with one attached hydrogen (secondary N) is 1. The number of ether oxygens (including phenoxy) is 1. The third kappa shape index (κ3) is 3.85. The highest BCUT2D eigenvalue weighted by atomic mass is 79.9. The quantitative estimate of drug-likeness (QED) is 0.871. The summed E-state index contributed by atoms with van der Waals surface area (Å²) in [4.78, 5) is 0. The Hall–Kier alpha value is -1.26. The summed E-state index contributed by atoms with van der Waals surface area (Å²) in [7, 11) is 0. The van der Waals surface area contributed by atoms with E-state index in [0.29, 0.717) is 6.61 Å². The van der Waals surface area contributed by atoms with Crippen molar-refractivity contribution in [3.63, 3.8) is 0 Å². The molecule has 0 saturated heterocycles. The zero-order valence-corrected chi connectivity index (χ0v) is 12.8. The number of hydrogen-bond acceptors (Lipinski definition) is 3. The van der Waals surface area contributed by atoms with Crippen LogP contribution >= 0.6 is 15.9 Å². The molecule has 0 aliphatic carbocycles. The van der Waals surface area contributed by atoms with Crippen molar-refractivity contribution in [1.82, 2.24) is 5.32 Å². The summed E-state index contributed by atoms with van der Waals surface area (Å²) < 4.78 is 12.4. The normalized spacial score (nSPS) is 10.7. The van der Waals surface area contributed by atoms with Crippen molar-refractivity contribution in [2.45, 2.75) is 27.0 Å². The van der Waals surface area contributed by atoms with E-state index in [1.807, 2.05) is 31.2 Å². The first kappa shape index (κ1) is 14.2.